The fourth-order valence-corrected chi connectivity index (χ4v) is 2.79. The number of nitrogens with zero attached hydrogens (tertiary/aromatic N) is 3. The van der Waals surface area contributed by atoms with E-state index >= 15 is 0 Å². The topological polar surface area (TPSA) is 49.9 Å². The van der Waals surface area contributed by atoms with Crippen LogP contribution in [0.4, 0.5) is 10.1 Å². The van der Waals surface area contributed by atoms with Crippen LogP contribution in [0.3, 0.4) is 0 Å². The zero-order valence-electron chi connectivity index (χ0n) is 13.9. The van der Waals surface area contributed by atoms with Gasteiger partial charge in [-0.05, 0) is 44.0 Å². The average Bonchev–Trinajstić information content (AvgIpc) is 3.22. The first-order valence-electron chi connectivity index (χ1n) is 7.67. The molecule has 1 saturated heterocycles. The highest BCUT2D eigenvalue weighted by atomic mass is 19.1. The van der Waals surface area contributed by atoms with Crippen LogP contribution in [-0.4, -0.2) is 33.2 Å². The molecule has 6 heteroatoms. The number of aryl methyl sites for hydroxylation is 3. The van der Waals surface area contributed by atoms with Crippen LogP contribution in [0.15, 0.2) is 18.2 Å². The Morgan fingerprint density at radius 3 is 2.78 bits per heavy atom. The average molecular weight is 316 g/mol. The second kappa shape index (κ2) is 5.77. The summed E-state index contributed by atoms with van der Waals surface area (Å²) in [5.74, 6) is -0.270. The van der Waals surface area contributed by atoms with Crippen molar-refractivity contribution in [2.24, 2.45) is 7.05 Å². The molecule has 2 aromatic rings. The number of anilines is 1. The van der Waals surface area contributed by atoms with Gasteiger partial charge in [0.1, 0.15) is 11.9 Å². The van der Waals surface area contributed by atoms with Gasteiger partial charge in [0.15, 0.2) is 0 Å². The van der Waals surface area contributed by atoms with Crippen LogP contribution in [0.2, 0.25) is 0 Å². The summed E-state index contributed by atoms with van der Waals surface area (Å²) < 4.78 is 15.1. The predicted molar refractivity (Wildman–Crippen MR) is 86.6 cm³/mol. The molecule has 1 aromatic heterocycles. The van der Waals surface area contributed by atoms with E-state index in [0.717, 1.165) is 28.2 Å². The molecule has 1 aliphatic heterocycles. The molecule has 0 aliphatic carbocycles. The Kier molecular flexibility index (Phi) is 3.93. The molecule has 1 aromatic carbocycles. The lowest BCUT2D eigenvalue weighted by Gasteiger charge is -2.09. The summed E-state index contributed by atoms with van der Waals surface area (Å²) >= 11 is 0. The number of aromatic nitrogens is 2. The summed E-state index contributed by atoms with van der Waals surface area (Å²) in [7, 11) is 1.86. The van der Waals surface area contributed by atoms with Crippen LogP contribution in [0.1, 0.15) is 22.5 Å². The summed E-state index contributed by atoms with van der Waals surface area (Å²) in [6, 6.07) is 4.61. The Balaban J connectivity index is 1.64. The van der Waals surface area contributed by atoms with Gasteiger partial charge >= 0.3 is 0 Å². The Bertz CT molecular complexity index is 768. The quantitative estimate of drug-likeness (QED) is 0.881. The molecule has 0 bridgehead atoms. The molecule has 1 N–H and O–H groups in total. The van der Waals surface area contributed by atoms with Crippen molar-refractivity contribution in [1.29, 1.82) is 0 Å². The fourth-order valence-electron chi connectivity index (χ4n) is 2.79. The van der Waals surface area contributed by atoms with Gasteiger partial charge in [-0.3, -0.25) is 14.4 Å². The second-order valence-corrected chi connectivity index (χ2v) is 6.17. The number of benzene rings is 1. The van der Waals surface area contributed by atoms with E-state index in [1.54, 1.807) is 10.7 Å². The van der Waals surface area contributed by atoms with E-state index in [1.165, 1.54) is 12.1 Å². The van der Waals surface area contributed by atoms with E-state index in [2.05, 4.69) is 10.4 Å². The van der Waals surface area contributed by atoms with Gasteiger partial charge in [0.2, 0.25) is 5.91 Å². The van der Waals surface area contributed by atoms with Crippen molar-refractivity contribution in [2.75, 3.05) is 11.9 Å². The number of amides is 1. The van der Waals surface area contributed by atoms with Gasteiger partial charge in [-0.25, -0.2) is 4.39 Å². The van der Waals surface area contributed by atoms with Gasteiger partial charge in [-0.1, -0.05) is 6.07 Å². The van der Waals surface area contributed by atoms with Crippen molar-refractivity contribution in [3.63, 3.8) is 0 Å². The number of hydrogen-bond acceptors (Lipinski definition) is 3. The molecule has 1 aliphatic rings. The number of rotatable bonds is 4. The number of hydrogen-bond donors (Lipinski definition) is 1. The van der Waals surface area contributed by atoms with Crippen molar-refractivity contribution < 1.29 is 9.18 Å². The molecular weight excluding hydrogens is 295 g/mol. The normalized spacial score (nSPS) is 19.7. The van der Waals surface area contributed by atoms with Gasteiger partial charge < -0.3 is 5.32 Å². The van der Waals surface area contributed by atoms with Crippen LogP contribution >= 0.6 is 0 Å². The van der Waals surface area contributed by atoms with Crippen LogP contribution in [0.5, 0.6) is 0 Å². The zero-order chi connectivity index (χ0) is 16.7. The summed E-state index contributed by atoms with van der Waals surface area (Å²) in [5, 5.41) is 7.26. The predicted octanol–water partition coefficient (Wildman–Crippen LogP) is 2.31. The Morgan fingerprint density at radius 1 is 1.39 bits per heavy atom. The molecule has 0 saturated carbocycles. The molecule has 1 amide bonds. The summed E-state index contributed by atoms with van der Waals surface area (Å²) in [6.45, 7) is 7.04. The molecule has 2 heterocycles. The summed E-state index contributed by atoms with van der Waals surface area (Å²) in [6.07, 6.45) is 0. The summed E-state index contributed by atoms with van der Waals surface area (Å²) in [4.78, 5) is 14.4. The third-order valence-electron chi connectivity index (χ3n) is 4.46. The Hall–Kier alpha value is -2.21. The molecule has 23 heavy (non-hydrogen) atoms. The van der Waals surface area contributed by atoms with E-state index in [4.69, 9.17) is 0 Å². The van der Waals surface area contributed by atoms with Gasteiger partial charge in [0, 0.05) is 20.1 Å². The molecule has 1 fully saturated rings. The first-order valence-corrected chi connectivity index (χ1v) is 7.67. The smallest absolute Gasteiger partial charge is 0.243 e. The molecule has 5 nitrogen and oxygen atoms in total. The van der Waals surface area contributed by atoms with Crippen molar-refractivity contribution in [3.05, 3.63) is 46.5 Å². The van der Waals surface area contributed by atoms with Crippen molar-refractivity contribution in [3.8, 4) is 0 Å². The molecule has 0 radical (unpaired) electrons. The van der Waals surface area contributed by atoms with E-state index in [-0.39, 0.29) is 17.8 Å². The second-order valence-electron chi connectivity index (χ2n) is 6.17. The lowest BCUT2D eigenvalue weighted by Crippen LogP contribution is -2.22. The van der Waals surface area contributed by atoms with Gasteiger partial charge in [0.05, 0.1) is 17.1 Å². The van der Waals surface area contributed by atoms with Gasteiger partial charge in [-0.15, -0.1) is 0 Å². The first-order chi connectivity index (χ1) is 10.9. The number of carbonyl (C=O) groups is 1. The largest absolute Gasteiger partial charge is 0.322 e. The molecule has 2 atom stereocenters. The fraction of sp³-hybridized carbons (Fsp3) is 0.412. The van der Waals surface area contributed by atoms with Crippen LogP contribution in [0.25, 0.3) is 0 Å². The number of nitrogens with one attached hydrogen (secondary N) is 1. The monoisotopic (exact) mass is 316 g/mol. The van der Waals surface area contributed by atoms with Gasteiger partial charge in [-0.2, -0.15) is 5.10 Å². The summed E-state index contributed by atoms with van der Waals surface area (Å²) in [5.41, 5.74) is 4.49. The molecular formula is C17H21FN4O. The van der Waals surface area contributed by atoms with E-state index in [0.29, 0.717) is 13.1 Å². The molecule has 122 valence electrons. The minimum absolute atomic E-state index is 0.0294. The zero-order valence-corrected chi connectivity index (χ0v) is 13.9. The highest BCUT2D eigenvalue weighted by Crippen LogP contribution is 2.26. The molecule has 3 rings (SSSR count). The highest BCUT2D eigenvalue weighted by Gasteiger charge is 2.40. The minimum Gasteiger partial charge on any atom is -0.322 e. The van der Waals surface area contributed by atoms with Gasteiger partial charge in [0.25, 0.3) is 0 Å². The van der Waals surface area contributed by atoms with Crippen molar-refractivity contribution in [2.45, 2.75) is 33.4 Å². The van der Waals surface area contributed by atoms with Crippen molar-refractivity contribution in [1.82, 2.24) is 14.7 Å². The number of halogens is 1. The molecule has 0 spiro atoms. The van der Waals surface area contributed by atoms with Crippen LogP contribution in [-0.2, 0) is 18.4 Å². The lowest BCUT2D eigenvalue weighted by atomic mass is 10.1. The van der Waals surface area contributed by atoms with E-state index in [1.807, 2.05) is 32.7 Å². The SMILES string of the molecule is Cc1ccc(F)cc1CN1CC1C(=O)Nc1c(C)nn(C)c1C. The third kappa shape index (κ3) is 3.12. The van der Waals surface area contributed by atoms with Crippen LogP contribution < -0.4 is 5.32 Å². The first kappa shape index (κ1) is 15.7. The maximum absolute atomic E-state index is 13.3. The third-order valence-corrected chi connectivity index (χ3v) is 4.46. The lowest BCUT2D eigenvalue weighted by molar-refractivity contribution is -0.116. The number of carbonyl (C=O) groups excluding carboxylic acids is 1. The minimum atomic E-state index is -0.241. The highest BCUT2D eigenvalue weighted by molar-refractivity contribution is 5.97. The van der Waals surface area contributed by atoms with E-state index < -0.39 is 0 Å². The Morgan fingerprint density at radius 2 is 2.13 bits per heavy atom. The van der Waals surface area contributed by atoms with Crippen molar-refractivity contribution >= 4 is 11.6 Å². The standard InChI is InChI=1S/C17H21FN4O/c1-10-5-6-14(18)7-13(10)8-22-9-15(22)17(23)19-16-11(2)20-21(4)12(16)3/h5-7,15H,8-9H2,1-4H3,(H,19,23). The molecule has 2 unspecified atom stereocenters. The maximum atomic E-state index is 13.3. The maximum Gasteiger partial charge on any atom is 0.243 e. The Labute approximate surface area is 135 Å². The van der Waals surface area contributed by atoms with Crippen LogP contribution in [0, 0.1) is 26.6 Å². The van der Waals surface area contributed by atoms with E-state index in [9.17, 15) is 9.18 Å².